The molecule has 0 aliphatic heterocycles. The maximum atomic E-state index is 13.9. The molecule has 2 rings (SSSR count). The van der Waals surface area contributed by atoms with E-state index < -0.39 is 36.4 Å². The highest BCUT2D eigenvalue weighted by molar-refractivity contribution is 7.92. The van der Waals surface area contributed by atoms with Crippen molar-refractivity contribution in [1.82, 2.24) is 0 Å². The van der Waals surface area contributed by atoms with Gasteiger partial charge in [-0.15, -0.1) is 0 Å². The highest BCUT2D eigenvalue weighted by Gasteiger charge is 2.20. The number of sulfonamides is 2. The van der Waals surface area contributed by atoms with Crippen molar-refractivity contribution in [2.24, 2.45) is 5.14 Å². The van der Waals surface area contributed by atoms with Gasteiger partial charge in [0, 0.05) is 0 Å². The average Bonchev–Trinajstić information content (AvgIpc) is 2.39. The topological polar surface area (TPSA) is 106 Å². The first-order chi connectivity index (χ1) is 10.5. The zero-order valence-electron chi connectivity index (χ0n) is 11.7. The molecule has 0 aliphatic carbocycles. The molecule has 23 heavy (non-hydrogen) atoms. The summed E-state index contributed by atoms with van der Waals surface area (Å²) >= 11 is 5.90. The molecule has 0 bridgehead atoms. The minimum Gasteiger partial charge on any atom is -0.277 e. The predicted octanol–water partition coefficient (Wildman–Crippen LogP) is 2.24. The highest BCUT2D eigenvalue weighted by atomic mass is 35.5. The lowest BCUT2D eigenvalue weighted by Gasteiger charge is -2.11. The second kappa shape index (κ2) is 6.08. The maximum Gasteiger partial charge on any atom is 0.263 e. The van der Waals surface area contributed by atoms with Crippen LogP contribution in [0.2, 0.25) is 5.02 Å². The molecule has 2 aromatic carbocycles. The van der Waals surface area contributed by atoms with E-state index in [0.29, 0.717) is 6.07 Å². The number of anilines is 1. The fourth-order valence-electron chi connectivity index (χ4n) is 1.78. The van der Waals surface area contributed by atoms with Gasteiger partial charge < -0.3 is 0 Å². The van der Waals surface area contributed by atoms with Crippen LogP contribution >= 0.6 is 11.6 Å². The molecule has 0 aliphatic rings. The van der Waals surface area contributed by atoms with Crippen LogP contribution in [0.25, 0.3) is 0 Å². The zero-order chi connectivity index (χ0) is 17.4. The quantitative estimate of drug-likeness (QED) is 0.850. The first-order valence-corrected chi connectivity index (χ1v) is 9.53. The van der Waals surface area contributed by atoms with Gasteiger partial charge in [-0.3, -0.25) is 4.72 Å². The van der Waals surface area contributed by atoms with E-state index in [0.717, 1.165) is 17.7 Å². The van der Waals surface area contributed by atoms with E-state index in [2.05, 4.69) is 0 Å². The Bertz CT molecular complexity index is 975. The molecule has 0 fully saturated rings. The summed E-state index contributed by atoms with van der Waals surface area (Å²) in [4.78, 5) is -0.689. The van der Waals surface area contributed by atoms with Crippen molar-refractivity contribution in [3.05, 3.63) is 52.8 Å². The number of halogens is 2. The minimum atomic E-state index is -4.13. The van der Waals surface area contributed by atoms with Gasteiger partial charge in [0.2, 0.25) is 10.0 Å². The monoisotopic (exact) mass is 378 g/mol. The van der Waals surface area contributed by atoms with Crippen molar-refractivity contribution in [3.63, 3.8) is 0 Å². The van der Waals surface area contributed by atoms with Crippen LogP contribution in [0.15, 0.2) is 46.2 Å². The lowest BCUT2D eigenvalue weighted by molar-refractivity contribution is 0.592. The van der Waals surface area contributed by atoms with Crippen LogP contribution in [0.4, 0.5) is 10.1 Å². The fraction of sp³-hybridized carbons (Fsp3) is 0.0769. The number of aryl methyl sites for hydroxylation is 1. The third-order valence-corrected chi connectivity index (χ3v) is 5.65. The second-order valence-corrected chi connectivity index (χ2v) is 8.35. The van der Waals surface area contributed by atoms with Crippen LogP contribution in [-0.2, 0) is 20.0 Å². The first kappa shape index (κ1) is 17.7. The Labute approximate surface area is 138 Å². The van der Waals surface area contributed by atoms with Crippen molar-refractivity contribution in [1.29, 1.82) is 0 Å². The van der Waals surface area contributed by atoms with E-state index in [4.69, 9.17) is 16.7 Å². The average molecular weight is 379 g/mol. The fourth-order valence-corrected chi connectivity index (χ4v) is 3.97. The van der Waals surface area contributed by atoms with E-state index in [-0.39, 0.29) is 9.92 Å². The number of nitrogens with one attached hydrogen (secondary N) is 1. The number of nitrogens with two attached hydrogens (primary N) is 1. The van der Waals surface area contributed by atoms with E-state index in [9.17, 15) is 21.2 Å². The Morgan fingerprint density at radius 3 is 2.26 bits per heavy atom. The molecule has 0 atom stereocenters. The SMILES string of the molecule is Cc1ccc(S(=O)(=O)Nc2ccc(S(N)(=O)=O)cc2F)c(Cl)c1. The molecule has 6 nitrogen and oxygen atoms in total. The molecule has 0 saturated heterocycles. The molecular weight excluding hydrogens is 367 g/mol. The summed E-state index contributed by atoms with van der Waals surface area (Å²) in [6.07, 6.45) is 0. The molecule has 124 valence electrons. The summed E-state index contributed by atoms with van der Waals surface area (Å²) in [5.74, 6) is -1.08. The number of rotatable bonds is 4. The Morgan fingerprint density at radius 1 is 1.09 bits per heavy atom. The number of hydrogen-bond donors (Lipinski definition) is 2. The Morgan fingerprint density at radius 2 is 1.74 bits per heavy atom. The van der Waals surface area contributed by atoms with Gasteiger partial charge in [-0.05, 0) is 42.8 Å². The van der Waals surface area contributed by atoms with E-state index in [1.807, 2.05) is 4.72 Å². The van der Waals surface area contributed by atoms with E-state index >= 15 is 0 Å². The van der Waals surface area contributed by atoms with E-state index in [1.165, 1.54) is 12.1 Å². The van der Waals surface area contributed by atoms with Gasteiger partial charge in [0.15, 0.2) is 0 Å². The number of benzene rings is 2. The van der Waals surface area contributed by atoms with Crippen molar-refractivity contribution >= 4 is 37.3 Å². The van der Waals surface area contributed by atoms with Crippen LogP contribution in [0, 0.1) is 12.7 Å². The van der Waals surface area contributed by atoms with Gasteiger partial charge in [-0.25, -0.2) is 26.4 Å². The molecule has 2 aromatic rings. The molecule has 0 unspecified atom stereocenters. The summed E-state index contributed by atoms with van der Waals surface area (Å²) in [7, 11) is -8.22. The summed E-state index contributed by atoms with van der Waals surface area (Å²) in [5, 5.41) is 4.86. The number of primary sulfonamides is 1. The lowest BCUT2D eigenvalue weighted by Crippen LogP contribution is -2.16. The summed E-state index contributed by atoms with van der Waals surface area (Å²) in [6, 6.07) is 6.87. The van der Waals surface area contributed by atoms with Gasteiger partial charge in [0.05, 0.1) is 15.6 Å². The van der Waals surface area contributed by atoms with Crippen LogP contribution < -0.4 is 9.86 Å². The van der Waals surface area contributed by atoms with Gasteiger partial charge >= 0.3 is 0 Å². The van der Waals surface area contributed by atoms with Crippen molar-refractivity contribution < 1.29 is 21.2 Å². The van der Waals surface area contributed by atoms with Crippen LogP contribution in [0.3, 0.4) is 0 Å². The van der Waals surface area contributed by atoms with Crippen LogP contribution in [0.5, 0.6) is 0 Å². The second-order valence-electron chi connectivity index (χ2n) is 4.73. The summed E-state index contributed by atoms with van der Waals surface area (Å²) in [5.41, 5.74) is 0.340. The zero-order valence-corrected chi connectivity index (χ0v) is 14.1. The molecule has 0 saturated carbocycles. The van der Waals surface area contributed by atoms with Crippen molar-refractivity contribution in [3.8, 4) is 0 Å². The van der Waals surface area contributed by atoms with Gasteiger partial charge in [-0.2, -0.15) is 0 Å². The van der Waals surface area contributed by atoms with Gasteiger partial charge in [-0.1, -0.05) is 17.7 Å². The molecule has 3 N–H and O–H groups in total. The molecule has 10 heteroatoms. The van der Waals surface area contributed by atoms with Crippen molar-refractivity contribution in [2.75, 3.05) is 4.72 Å². The first-order valence-electron chi connectivity index (χ1n) is 6.12. The van der Waals surface area contributed by atoms with E-state index in [1.54, 1.807) is 13.0 Å². The largest absolute Gasteiger partial charge is 0.277 e. The number of hydrogen-bond acceptors (Lipinski definition) is 4. The predicted molar refractivity (Wildman–Crippen MR) is 84.8 cm³/mol. The minimum absolute atomic E-state index is 0.0148. The maximum absolute atomic E-state index is 13.9. The standard InChI is InChI=1S/C13H12ClFN2O4S2/c1-8-2-5-13(10(14)6-8)23(20,21)17-12-4-3-9(7-11(12)15)22(16,18)19/h2-7,17H,1H3,(H2,16,18,19). The molecule has 0 radical (unpaired) electrons. The smallest absolute Gasteiger partial charge is 0.263 e. The lowest BCUT2D eigenvalue weighted by atomic mass is 10.2. The summed E-state index contributed by atoms with van der Waals surface area (Å²) in [6.45, 7) is 1.74. The third-order valence-electron chi connectivity index (χ3n) is 2.89. The molecular formula is C13H12ClFN2O4S2. The Kier molecular flexibility index (Phi) is 4.67. The molecule has 0 spiro atoms. The Balaban J connectivity index is 2.42. The summed E-state index contributed by atoms with van der Waals surface area (Å²) < 4.78 is 62.7. The molecule has 0 heterocycles. The van der Waals surface area contributed by atoms with Crippen LogP contribution in [-0.4, -0.2) is 16.8 Å². The highest BCUT2D eigenvalue weighted by Crippen LogP contribution is 2.26. The van der Waals surface area contributed by atoms with Crippen molar-refractivity contribution in [2.45, 2.75) is 16.7 Å². The van der Waals surface area contributed by atoms with Gasteiger partial charge in [0.1, 0.15) is 10.7 Å². The molecule has 0 aromatic heterocycles. The Hall–Kier alpha value is -1.68. The van der Waals surface area contributed by atoms with Gasteiger partial charge in [0.25, 0.3) is 10.0 Å². The van der Waals surface area contributed by atoms with Crippen LogP contribution in [0.1, 0.15) is 5.56 Å². The third kappa shape index (κ3) is 3.99. The molecule has 0 amide bonds. The normalized spacial score (nSPS) is 12.2.